The molecule has 26 heavy (non-hydrogen) atoms. The van der Waals surface area contributed by atoms with Crippen LogP contribution in [-0.4, -0.2) is 34.7 Å². The molecule has 2 heterocycles. The molecule has 1 aliphatic rings. The van der Waals surface area contributed by atoms with Crippen LogP contribution in [0.25, 0.3) is 22.2 Å². The molecule has 0 bridgehead atoms. The summed E-state index contributed by atoms with van der Waals surface area (Å²) in [6.07, 6.45) is 0.371. The standard InChI is InChI=1S/C18H13F2N3O3/c19-11-3-1-2-9(6-11)15-12-7-10(8-13(20)16(12)23-22-15)17(24)21-14-4-5-26-18(14)25/h1-3,6-8,14H,4-5H2,(H,21,24)(H,22,23). The quantitative estimate of drug-likeness (QED) is 0.706. The molecule has 3 aromatic rings. The van der Waals surface area contributed by atoms with Gasteiger partial charge in [-0.3, -0.25) is 9.89 Å². The molecule has 6 nitrogen and oxygen atoms in total. The molecule has 132 valence electrons. The summed E-state index contributed by atoms with van der Waals surface area (Å²) in [5.74, 6) is -2.25. The summed E-state index contributed by atoms with van der Waals surface area (Å²) in [7, 11) is 0. The van der Waals surface area contributed by atoms with Crippen LogP contribution in [0.3, 0.4) is 0 Å². The number of benzene rings is 2. The predicted molar refractivity (Wildman–Crippen MR) is 88.3 cm³/mol. The zero-order valence-electron chi connectivity index (χ0n) is 13.4. The number of halogens is 2. The normalized spacial score (nSPS) is 16.7. The summed E-state index contributed by atoms with van der Waals surface area (Å²) in [5, 5.41) is 9.46. The first-order valence-corrected chi connectivity index (χ1v) is 7.94. The number of hydrogen-bond acceptors (Lipinski definition) is 4. The van der Waals surface area contributed by atoms with Gasteiger partial charge in [-0.1, -0.05) is 12.1 Å². The fourth-order valence-electron chi connectivity index (χ4n) is 2.94. The van der Waals surface area contributed by atoms with Crippen molar-refractivity contribution >= 4 is 22.8 Å². The first-order chi connectivity index (χ1) is 12.5. The lowest BCUT2D eigenvalue weighted by Gasteiger charge is -2.09. The Hall–Kier alpha value is -3.29. The van der Waals surface area contributed by atoms with Gasteiger partial charge >= 0.3 is 5.97 Å². The van der Waals surface area contributed by atoms with Crippen molar-refractivity contribution in [1.29, 1.82) is 0 Å². The maximum atomic E-state index is 14.4. The molecule has 8 heteroatoms. The Morgan fingerprint density at radius 3 is 2.85 bits per heavy atom. The highest BCUT2D eigenvalue weighted by Gasteiger charge is 2.28. The van der Waals surface area contributed by atoms with Crippen LogP contribution in [0.4, 0.5) is 8.78 Å². The topological polar surface area (TPSA) is 84.1 Å². The van der Waals surface area contributed by atoms with Gasteiger partial charge in [0.15, 0.2) is 5.82 Å². The molecule has 0 radical (unpaired) electrons. The summed E-state index contributed by atoms with van der Waals surface area (Å²) in [6, 6.07) is 7.51. The van der Waals surface area contributed by atoms with E-state index in [1.165, 1.54) is 24.3 Å². The number of fused-ring (bicyclic) bond motifs is 1. The highest BCUT2D eigenvalue weighted by molar-refractivity contribution is 6.02. The third-order valence-electron chi connectivity index (χ3n) is 4.23. The largest absolute Gasteiger partial charge is 0.464 e. The lowest BCUT2D eigenvalue weighted by atomic mass is 10.0. The zero-order chi connectivity index (χ0) is 18.3. The SMILES string of the molecule is O=C(NC1CCOC1=O)c1cc(F)c2n[nH]c(-c3cccc(F)c3)c2c1. The van der Waals surface area contributed by atoms with Crippen molar-refractivity contribution in [2.45, 2.75) is 12.5 Å². The van der Waals surface area contributed by atoms with Gasteiger partial charge in [0.25, 0.3) is 5.91 Å². The maximum Gasteiger partial charge on any atom is 0.328 e. The van der Waals surface area contributed by atoms with Crippen LogP contribution < -0.4 is 5.32 Å². The predicted octanol–water partition coefficient (Wildman–Crippen LogP) is 2.55. The number of hydrogen-bond donors (Lipinski definition) is 2. The van der Waals surface area contributed by atoms with E-state index in [0.717, 1.165) is 6.07 Å². The molecule has 4 rings (SSSR count). The van der Waals surface area contributed by atoms with E-state index in [0.29, 0.717) is 23.1 Å². The minimum Gasteiger partial charge on any atom is -0.464 e. The van der Waals surface area contributed by atoms with E-state index in [-0.39, 0.29) is 17.7 Å². The number of ether oxygens (including phenoxy) is 1. The molecule has 1 saturated heterocycles. The summed E-state index contributed by atoms with van der Waals surface area (Å²) < 4.78 is 32.7. The Morgan fingerprint density at radius 1 is 1.27 bits per heavy atom. The van der Waals surface area contributed by atoms with E-state index in [9.17, 15) is 18.4 Å². The number of carbonyl (C=O) groups excluding carboxylic acids is 2. The van der Waals surface area contributed by atoms with Gasteiger partial charge in [0.05, 0.1) is 12.3 Å². The van der Waals surface area contributed by atoms with E-state index in [1.807, 2.05) is 0 Å². The number of nitrogens with one attached hydrogen (secondary N) is 2. The van der Waals surface area contributed by atoms with Gasteiger partial charge in [0.2, 0.25) is 0 Å². The van der Waals surface area contributed by atoms with Crippen LogP contribution in [0.2, 0.25) is 0 Å². The van der Waals surface area contributed by atoms with Crippen LogP contribution >= 0.6 is 0 Å². The smallest absolute Gasteiger partial charge is 0.328 e. The van der Waals surface area contributed by atoms with Crippen molar-refractivity contribution in [3.8, 4) is 11.3 Å². The molecule has 1 aromatic heterocycles. The molecule has 0 saturated carbocycles. The number of amides is 1. The first kappa shape index (κ1) is 16.2. The second-order valence-corrected chi connectivity index (χ2v) is 5.95. The Bertz CT molecular complexity index is 1030. The Labute approximate surface area is 146 Å². The molecule has 1 amide bonds. The third-order valence-corrected chi connectivity index (χ3v) is 4.23. The number of nitrogens with zero attached hydrogens (tertiary/aromatic N) is 1. The molecule has 2 aromatic carbocycles. The van der Waals surface area contributed by atoms with Gasteiger partial charge in [-0.15, -0.1) is 0 Å². The average Bonchev–Trinajstić information content (AvgIpc) is 3.21. The highest BCUT2D eigenvalue weighted by Crippen LogP contribution is 2.29. The fraction of sp³-hybridized carbons (Fsp3) is 0.167. The third kappa shape index (κ3) is 2.79. The summed E-state index contributed by atoms with van der Waals surface area (Å²) in [6.45, 7) is 0.239. The monoisotopic (exact) mass is 357 g/mol. The van der Waals surface area contributed by atoms with Crippen LogP contribution in [0.15, 0.2) is 36.4 Å². The summed E-state index contributed by atoms with van der Waals surface area (Å²) in [5.41, 5.74) is 0.951. The molecule has 2 N–H and O–H groups in total. The van der Waals surface area contributed by atoms with E-state index >= 15 is 0 Å². The van der Waals surface area contributed by atoms with Crippen molar-refractivity contribution < 1.29 is 23.1 Å². The maximum absolute atomic E-state index is 14.4. The van der Waals surface area contributed by atoms with Crippen LogP contribution in [-0.2, 0) is 9.53 Å². The molecule has 0 aliphatic carbocycles. The second kappa shape index (κ2) is 6.21. The van der Waals surface area contributed by atoms with Gasteiger partial charge in [-0.2, -0.15) is 5.10 Å². The van der Waals surface area contributed by atoms with E-state index in [4.69, 9.17) is 4.74 Å². The van der Waals surface area contributed by atoms with Crippen LogP contribution in [0.1, 0.15) is 16.8 Å². The van der Waals surface area contributed by atoms with Crippen molar-refractivity contribution in [2.24, 2.45) is 0 Å². The zero-order valence-corrected chi connectivity index (χ0v) is 13.4. The van der Waals surface area contributed by atoms with Crippen molar-refractivity contribution in [3.05, 3.63) is 53.6 Å². The molecular formula is C18H13F2N3O3. The molecule has 1 fully saturated rings. The fourth-order valence-corrected chi connectivity index (χ4v) is 2.94. The molecule has 1 unspecified atom stereocenters. The number of cyclic esters (lactones) is 1. The number of carbonyl (C=O) groups is 2. The Kier molecular flexibility index (Phi) is 3.87. The molecule has 1 aliphatic heterocycles. The lowest BCUT2D eigenvalue weighted by molar-refractivity contribution is -0.139. The van der Waals surface area contributed by atoms with Gasteiger partial charge in [-0.25, -0.2) is 13.6 Å². The number of esters is 1. The minimum absolute atomic E-state index is 0.0359. The van der Waals surface area contributed by atoms with E-state index < -0.39 is 29.6 Å². The number of H-pyrrole nitrogens is 1. The van der Waals surface area contributed by atoms with E-state index in [1.54, 1.807) is 6.07 Å². The number of aromatic amines is 1. The first-order valence-electron chi connectivity index (χ1n) is 7.94. The van der Waals surface area contributed by atoms with Crippen LogP contribution in [0, 0.1) is 11.6 Å². The number of rotatable bonds is 3. The second-order valence-electron chi connectivity index (χ2n) is 5.95. The van der Waals surface area contributed by atoms with Gasteiger partial charge < -0.3 is 10.1 Å². The van der Waals surface area contributed by atoms with Crippen molar-refractivity contribution in [3.63, 3.8) is 0 Å². The van der Waals surface area contributed by atoms with Crippen LogP contribution in [0.5, 0.6) is 0 Å². The van der Waals surface area contributed by atoms with E-state index in [2.05, 4.69) is 15.5 Å². The lowest BCUT2D eigenvalue weighted by Crippen LogP contribution is -2.37. The molecular weight excluding hydrogens is 344 g/mol. The Morgan fingerprint density at radius 2 is 2.12 bits per heavy atom. The average molecular weight is 357 g/mol. The Balaban J connectivity index is 1.74. The molecule has 0 spiro atoms. The van der Waals surface area contributed by atoms with Gasteiger partial charge in [0.1, 0.15) is 17.4 Å². The highest BCUT2D eigenvalue weighted by atomic mass is 19.1. The summed E-state index contributed by atoms with van der Waals surface area (Å²) in [4.78, 5) is 23.9. The minimum atomic E-state index is -0.742. The number of aromatic nitrogens is 2. The van der Waals surface area contributed by atoms with Crippen molar-refractivity contribution in [1.82, 2.24) is 15.5 Å². The van der Waals surface area contributed by atoms with Gasteiger partial charge in [0, 0.05) is 22.9 Å². The van der Waals surface area contributed by atoms with Gasteiger partial charge in [-0.05, 0) is 24.3 Å². The van der Waals surface area contributed by atoms with Crippen molar-refractivity contribution in [2.75, 3.05) is 6.61 Å². The molecule has 1 atom stereocenters. The summed E-state index contributed by atoms with van der Waals surface area (Å²) >= 11 is 0.